The van der Waals surface area contributed by atoms with Crippen LogP contribution in [0.1, 0.15) is 50.5 Å². The fourth-order valence-electron chi connectivity index (χ4n) is 3.83. The predicted octanol–water partition coefficient (Wildman–Crippen LogP) is 4.03. The molecule has 1 aromatic heterocycles. The summed E-state index contributed by atoms with van der Waals surface area (Å²) < 4.78 is -0.0655. The van der Waals surface area contributed by atoms with Crippen molar-refractivity contribution in [2.45, 2.75) is 50.1 Å². The normalized spacial score (nSPS) is 24.0. The van der Waals surface area contributed by atoms with E-state index in [0.29, 0.717) is 5.56 Å². The highest BCUT2D eigenvalue weighted by atomic mass is 127. The molecule has 0 bridgehead atoms. The van der Waals surface area contributed by atoms with E-state index in [1.165, 1.54) is 0 Å². The number of halogens is 1. The van der Waals surface area contributed by atoms with Crippen LogP contribution in [0.2, 0.25) is 0 Å². The highest BCUT2D eigenvalue weighted by Gasteiger charge is 2.45. The Bertz CT molecular complexity index is 1020. The average molecular weight is 518 g/mol. The summed E-state index contributed by atoms with van der Waals surface area (Å²) in [7, 11) is 0. The lowest BCUT2D eigenvalue weighted by molar-refractivity contribution is -0.130. The zero-order valence-electron chi connectivity index (χ0n) is 17.9. The van der Waals surface area contributed by atoms with Crippen molar-refractivity contribution < 1.29 is 9.59 Å². The third-order valence-corrected chi connectivity index (χ3v) is 7.73. The Morgan fingerprint density at radius 3 is 2.57 bits per heavy atom. The number of hydrogen-bond donors (Lipinski definition) is 1. The summed E-state index contributed by atoms with van der Waals surface area (Å²) in [5, 5.41) is 13.0. The van der Waals surface area contributed by atoms with Gasteiger partial charge in [0.05, 0.1) is 27.7 Å². The van der Waals surface area contributed by atoms with E-state index >= 15 is 0 Å². The van der Waals surface area contributed by atoms with Crippen LogP contribution in [-0.4, -0.2) is 38.3 Å². The van der Waals surface area contributed by atoms with Gasteiger partial charge in [-0.15, -0.1) is 0 Å². The van der Waals surface area contributed by atoms with Crippen molar-refractivity contribution in [3.63, 3.8) is 0 Å². The molecule has 1 aliphatic heterocycles. The first-order valence-corrected chi connectivity index (χ1v) is 11.3. The third kappa shape index (κ3) is 4.15. The summed E-state index contributed by atoms with van der Waals surface area (Å²) >= 11 is 2.21. The lowest BCUT2D eigenvalue weighted by Crippen LogP contribution is -2.45. The first-order chi connectivity index (χ1) is 14.1. The first kappa shape index (κ1) is 22.5. The van der Waals surface area contributed by atoms with Crippen LogP contribution in [0.25, 0.3) is 10.9 Å². The van der Waals surface area contributed by atoms with Gasteiger partial charge in [0.15, 0.2) is 0 Å². The molecular weight excluding hydrogens is 491 g/mol. The summed E-state index contributed by atoms with van der Waals surface area (Å²) in [5.41, 5.74) is 2.36. The van der Waals surface area contributed by atoms with Crippen LogP contribution < -0.4 is 5.32 Å². The van der Waals surface area contributed by atoms with Crippen molar-refractivity contribution in [3.8, 4) is 6.07 Å². The van der Waals surface area contributed by atoms with Crippen molar-refractivity contribution in [1.29, 1.82) is 5.26 Å². The van der Waals surface area contributed by atoms with E-state index < -0.39 is 6.04 Å². The SMILES string of the molecule is CC1C(C)C(C#N)N(C(=O)CNC(=O)c2ccnc3cc(C(C)(C)C)ccc23)C1I. The number of pyridine rings is 1. The molecule has 158 valence electrons. The van der Waals surface area contributed by atoms with Gasteiger partial charge < -0.3 is 10.2 Å². The van der Waals surface area contributed by atoms with Crippen LogP contribution in [0.15, 0.2) is 30.5 Å². The van der Waals surface area contributed by atoms with E-state index in [2.05, 4.69) is 59.7 Å². The number of nitrogens with one attached hydrogen (secondary N) is 1. The second kappa shape index (κ2) is 8.50. The Labute approximate surface area is 191 Å². The van der Waals surface area contributed by atoms with Crippen LogP contribution in [0.5, 0.6) is 0 Å². The topological polar surface area (TPSA) is 86.1 Å². The number of amides is 2. The Hall–Kier alpha value is -2.21. The molecule has 1 aliphatic rings. The predicted molar refractivity (Wildman–Crippen MR) is 125 cm³/mol. The van der Waals surface area contributed by atoms with Crippen molar-refractivity contribution in [3.05, 3.63) is 41.6 Å². The molecule has 0 saturated carbocycles. The van der Waals surface area contributed by atoms with Gasteiger partial charge in [-0.25, -0.2) is 0 Å². The number of nitriles is 1. The summed E-state index contributed by atoms with van der Waals surface area (Å²) in [5.74, 6) is -0.245. The lowest BCUT2D eigenvalue weighted by atomic mass is 9.86. The number of likely N-dealkylation sites (tertiary alicyclic amines) is 1. The lowest BCUT2D eigenvalue weighted by Gasteiger charge is -2.25. The number of fused-ring (bicyclic) bond motifs is 1. The van der Waals surface area contributed by atoms with Crippen LogP contribution in [-0.2, 0) is 10.2 Å². The number of carbonyl (C=O) groups excluding carboxylic acids is 2. The Balaban J connectivity index is 1.78. The molecule has 0 spiro atoms. The van der Waals surface area contributed by atoms with Gasteiger partial charge in [0.1, 0.15) is 6.04 Å². The number of nitrogens with zero attached hydrogens (tertiary/aromatic N) is 3. The molecule has 1 saturated heterocycles. The highest BCUT2D eigenvalue weighted by Crippen LogP contribution is 2.38. The van der Waals surface area contributed by atoms with Gasteiger partial charge in [-0.2, -0.15) is 5.26 Å². The molecule has 1 fully saturated rings. The maximum Gasteiger partial charge on any atom is 0.252 e. The highest BCUT2D eigenvalue weighted by molar-refractivity contribution is 14.1. The van der Waals surface area contributed by atoms with Crippen molar-refractivity contribution >= 4 is 45.3 Å². The molecule has 30 heavy (non-hydrogen) atoms. The summed E-state index contributed by atoms with van der Waals surface area (Å²) in [6.45, 7) is 10.3. The van der Waals surface area contributed by atoms with Crippen molar-refractivity contribution in [2.24, 2.45) is 11.8 Å². The number of hydrogen-bond acceptors (Lipinski definition) is 4. The summed E-state index contributed by atoms with van der Waals surface area (Å²) in [6.07, 6.45) is 1.61. The van der Waals surface area contributed by atoms with Gasteiger partial charge in [-0.1, -0.05) is 69.3 Å². The van der Waals surface area contributed by atoms with Crippen molar-refractivity contribution in [1.82, 2.24) is 15.2 Å². The molecule has 3 rings (SSSR count). The Morgan fingerprint density at radius 2 is 1.93 bits per heavy atom. The maximum absolute atomic E-state index is 12.8. The molecule has 1 aromatic carbocycles. The van der Waals surface area contributed by atoms with Gasteiger partial charge in [0, 0.05) is 11.6 Å². The summed E-state index contributed by atoms with van der Waals surface area (Å²) in [4.78, 5) is 31.7. The molecule has 2 heterocycles. The molecule has 0 radical (unpaired) electrons. The van der Waals surface area contributed by atoms with E-state index in [-0.39, 0.29) is 39.7 Å². The smallest absolute Gasteiger partial charge is 0.252 e. The van der Waals surface area contributed by atoms with Gasteiger partial charge >= 0.3 is 0 Å². The maximum atomic E-state index is 12.8. The molecule has 2 aromatic rings. The quantitative estimate of drug-likeness (QED) is 0.378. The minimum absolute atomic E-state index is 0.0161. The number of benzene rings is 1. The molecule has 4 unspecified atom stereocenters. The van der Waals surface area contributed by atoms with Crippen LogP contribution >= 0.6 is 22.6 Å². The molecule has 1 N–H and O–H groups in total. The van der Waals surface area contributed by atoms with Gasteiger partial charge in [-0.05, 0) is 34.9 Å². The Morgan fingerprint density at radius 1 is 1.23 bits per heavy atom. The minimum Gasteiger partial charge on any atom is -0.343 e. The van der Waals surface area contributed by atoms with E-state index in [1.807, 2.05) is 32.0 Å². The number of aromatic nitrogens is 1. The first-order valence-electron chi connectivity index (χ1n) is 10.1. The zero-order valence-corrected chi connectivity index (χ0v) is 20.1. The van der Waals surface area contributed by atoms with E-state index in [0.717, 1.165) is 16.5 Å². The second-order valence-corrected chi connectivity index (χ2v) is 10.3. The van der Waals surface area contributed by atoms with Crippen molar-refractivity contribution in [2.75, 3.05) is 6.54 Å². The average Bonchev–Trinajstić information content (AvgIpc) is 2.93. The fraction of sp³-hybridized carbons (Fsp3) is 0.478. The van der Waals surface area contributed by atoms with Gasteiger partial charge in [0.2, 0.25) is 5.91 Å². The van der Waals surface area contributed by atoms with E-state index in [1.54, 1.807) is 17.2 Å². The zero-order chi connectivity index (χ0) is 22.2. The molecule has 0 aliphatic carbocycles. The molecular formula is C23H27IN4O2. The second-order valence-electron chi connectivity index (χ2n) is 8.99. The van der Waals surface area contributed by atoms with Crippen LogP contribution in [0, 0.1) is 23.2 Å². The number of alkyl halides is 1. The van der Waals surface area contributed by atoms with Gasteiger partial charge in [-0.3, -0.25) is 14.6 Å². The van der Waals surface area contributed by atoms with Crippen LogP contribution in [0.4, 0.5) is 0 Å². The third-order valence-electron chi connectivity index (χ3n) is 6.00. The minimum atomic E-state index is -0.469. The molecule has 7 heteroatoms. The van der Waals surface area contributed by atoms with Crippen LogP contribution in [0.3, 0.4) is 0 Å². The molecule has 4 atom stereocenters. The number of rotatable bonds is 3. The standard InChI is InChI=1S/C23H27IN4O2/c1-13-14(2)21(24)28(19(13)11-25)20(29)12-27-22(30)17-8-9-26-18-10-15(23(3,4)5)6-7-16(17)18/h6-10,13-14,19,21H,12H2,1-5H3,(H,27,30). The Kier molecular flexibility index (Phi) is 6.37. The van der Waals surface area contributed by atoms with E-state index in [4.69, 9.17) is 0 Å². The number of carbonyl (C=O) groups is 2. The van der Waals surface area contributed by atoms with E-state index in [9.17, 15) is 14.9 Å². The fourth-order valence-corrected chi connectivity index (χ4v) is 5.14. The van der Waals surface area contributed by atoms with Gasteiger partial charge in [0.25, 0.3) is 5.91 Å². The summed E-state index contributed by atoms with van der Waals surface area (Å²) in [6, 6.07) is 9.37. The molecule has 6 nitrogen and oxygen atoms in total. The monoisotopic (exact) mass is 518 g/mol. The molecule has 2 amide bonds. The largest absolute Gasteiger partial charge is 0.343 e.